The molecule has 1 atom stereocenters. The second-order valence-corrected chi connectivity index (χ2v) is 9.90. The van der Waals surface area contributed by atoms with Gasteiger partial charge in [-0.25, -0.2) is 4.52 Å². The van der Waals surface area contributed by atoms with E-state index in [9.17, 15) is 4.79 Å². The summed E-state index contributed by atoms with van der Waals surface area (Å²) >= 11 is 19.2. The van der Waals surface area contributed by atoms with Crippen LogP contribution in [-0.4, -0.2) is 22.1 Å². The normalized spacial score (nSPS) is 15.3. The van der Waals surface area contributed by atoms with Crippen molar-refractivity contribution in [2.45, 2.75) is 32.2 Å². The summed E-state index contributed by atoms with van der Waals surface area (Å²) in [5, 5.41) is 9.32. The van der Waals surface area contributed by atoms with E-state index in [0.29, 0.717) is 39.2 Å². The van der Waals surface area contributed by atoms with Crippen LogP contribution < -0.4 is 10.1 Å². The Kier molecular flexibility index (Phi) is 6.19. The molecule has 0 unspecified atom stereocenters. The van der Waals surface area contributed by atoms with Crippen LogP contribution in [0, 0.1) is 0 Å². The van der Waals surface area contributed by atoms with Crippen LogP contribution >= 0.6 is 34.8 Å². The third-order valence-electron chi connectivity index (χ3n) is 6.02. The van der Waals surface area contributed by atoms with Crippen LogP contribution in [-0.2, 0) is 0 Å². The monoisotopic (exact) mass is 513 g/mol. The fourth-order valence-corrected chi connectivity index (χ4v) is 5.36. The molecule has 0 saturated heterocycles. The van der Waals surface area contributed by atoms with Gasteiger partial charge in [-0.1, -0.05) is 66.8 Å². The van der Waals surface area contributed by atoms with Crippen molar-refractivity contribution in [2.75, 3.05) is 6.61 Å². The van der Waals surface area contributed by atoms with Gasteiger partial charge in [0.15, 0.2) is 0 Å². The van der Waals surface area contributed by atoms with Crippen LogP contribution in [0.15, 0.2) is 54.7 Å². The molecule has 34 heavy (non-hydrogen) atoms. The molecule has 0 radical (unpaired) electrons. The van der Waals surface area contributed by atoms with Gasteiger partial charge in [-0.2, -0.15) is 5.10 Å². The van der Waals surface area contributed by atoms with Gasteiger partial charge in [0, 0.05) is 27.6 Å². The van der Waals surface area contributed by atoms with Gasteiger partial charge >= 0.3 is 0 Å². The van der Waals surface area contributed by atoms with E-state index in [-0.39, 0.29) is 17.9 Å². The van der Waals surface area contributed by atoms with Crippen molar-refractivity contribution in [1.82, 2.24) is 14.9 Å². The number of aromatic nitrogens is 2. The Morgan fingerprint density at radius 3 is 2.59 bits per heavy atom. The fraction of sp³-hybridized carbons (Fsp3) is 0.231. The first-order valence-electron chi connectivity index (χ1n) is 11.0. The Morgan fingerprint density at radius 1 is 1.12 bits per heavy atom. The van der Waals surface area contributed by atoms with Gasteiger partial charge in [0.25, 0.3) is 5.91 Å². The lowest BCUT2D eigenvalue weighted by molar-refractivity contribution is 0.0923. The maximum absolute atomic E-state index is 13.5. The first-order valence-corrected chi connectivity index (χ1v) is 12.2. The van der Waals surface area contributed by atoms with Gasteiger partial charge in [0.2, 0.25) is 0 Å². The van der Waals surface area contributed by atoms with E-state index in [2.05, 4.69) is 10.4 Å². The van der Waals surface area contributed by atoms with Crippen molar-refractivity contribution in [3.05, 3.63) is 86.5 Å². The summed E-state index contributed by atoms with van der Waals surface area (Å²) < 4.78 is 7.48. The molecule has 0 aliphatic carbocycles. The minimum absolute atomic E-state index is 0.0245. The van der Waals surface area contributed by atoms with Crippen molar-refractivity contribution in [3.63, 3.8) is 0 Å². The number of benzene rings is 2. The van der Waals surface area contributed by atoms with Crippen LogP contribution in [0.5, 0.6) is 5.75 Å². The lowest BCUT2D eigenvalue weighted by Crippen LogP contribution is -2.33. The Morgan fingerprint density at radius 2 is 1.85 bits per heavy atom. The third kappa shape index (κ3) is 4.13. The van der Waals surface area contributed by atoms with E-state index in [1.54, 1.807) is 16.8 Å². The van der Waals surface area contributed by atoms with Crippen LogP contribution in [0.4, 0.5) is 0 Å². The van der Waals surface area contributed by atoms with Crippen molar-refractivity contribution < 1.29 is 9.53 Å². The molecule has 4 aromatic rings. The Labute approximate surface area is 212 Å². The zero-order chi connectivity index (χ0) is 24.0. The van der Waals surface area contributed by atoms with Gasteiger partial charge < -0.3 is 10.1 Å². The number of carbonyl (C=O) groups is 1. The number of carbonyl (C=O) groups excluding carboxylic acids is 1. The van der Waals surface area contributed by atoms with Gasteiger partial charge in [0.05, 0.1) is 40.6 Å². The summed E-state index contributed by atoms with van der Waals surface area (Å²) in [6.45, 7) is 4.62. The van der Waals surface area contributed by atoms with E-state index >= 15 is 0 Å². The summed E-state index contributed by atoms with van der Waals surface area (Å²) in [6, 6.07) is 14.8. The van der Waals surface area contributed by atoms with Gasteiger partial charge in [-0.15, -0.1) is 0 Å². The number of rotatable bonds is 4. The number of halogens is 3. The molecule has 0 spiro atoms. The molecular formula is C26H22Cl3N3O2. The topological polar surface area (TPSA) is 55.6 Å². The Balaban J connectivity index is 1.58. The highest BCUT2D eigenvalue weighted by Gasteiger charge is 2.27. The first kappa shape index (κ1) is 23.0. The quantitative estimate of drug-likeness (QED) is 0.310. The van der Waals surface area contributed by atoms with Gasteiger partial charge in [0.1, 0.15) is 5.75 Å². The molecule has 1 N–H and O–H groups in total. The van der Waals surface area contributed by atoms with Crippen LogP contribution in [0.25, 0.3) is 16.8 Å². The molecule has 174 valence electrons. The van der Waals surface area contributed by atoms with E-state index in [1.165, 1.54) is 0 Å². The number of nitrogens with one attached hydrogen (secondary N) is 1. The standard InChI is InChI=1S/C26H22Cl3N3O2/c1-14(2)24-19(26(33)31-21-7-8-34-23-6-4-3-5-18(21)23)13-30-32-22(12-20(29)25(24)32)15-9-16(27)11-17(28)10-15/h3-6,9-14,21H,7-8H2,1-2H3,(H,31,33)/t21-/m0/s1. The molecule has 0 bridgehead atoms. The molecule has 5 rings (SSSR count). The molecule has 2 aromatic carbocycles. The SMILES string of the molecule is CC(C)c1c(C(=O)N[C@H]2CCOc3ccccc32)cnn2c(-c3cc(Cl)cc(Cl)c3)cc(Cl)c12. The third-order valence-corrected chi connectivity index (χ3v) is 6.75. The largest absolute Gasteiger partial charge is 0.493 e. The average molecular weight is 515 g/mol. The number of nitrogens with zero attached hydrogens (tertiary/aromatic N) is 2. The highest BCUT2D eigenvalue weighted by molar-refractivity contribution is 6.36. The molecule has 0 saturated carbocycles. The molecule has 2 aromatic heterocycles. The van der Waals surface area contributed by atoms with E-state index in [1.807, 2.05) is 56.3 Å². The predicted molar refractivity (Wildman–Crippen MR) is 137 cm³/mol. The van der Waals surface area contributed by atoms with Crippen LogP contribution in [0.2, 0.25) is 15.1 Å². The summed E-state index contributed by atoms with van der Waals surface area (Å²) in [5.41, 5.74) is 4.54. The summed E-state index contributed by atoms with van der Waals surface area (Å²) in [7, 11) is 0. The van der Waals surface area contributed by atoms with Crippen molar-refractivity contribution in [1.29, 1.82) is 0 Å². The van der Waals surface area contributed by atoms with E-state index in [0.717, 1.165) is 28.1 Å². The van der Waals surface area contributed by atoms with Gasteiger partial charge in [-0.05, 0) is 41.8 Å². The zero-order valence-electron chi connectivity index (χ0n) is 18.6. The average Bonchev–Trinajstić information content (AvgIpc) is 3.14. The summed E-state index contributed by atoms with van der Waals surface area (Å²) in [6.07, 6.45) is 2.30. The van der Waals surface area contributed by atoms with E-state index < -0.39 is 0 Å². The zero-order valence-corrected chi connectivity index (χ0v) is 20.9. The number of amides is 1. The molecule has 0 fully saturated rings. The molecular weight excluding hydrogens is 493 g/mol. The highest BCUT2D eigenvalue weighted by Crippen LogP contribution is 2.37. The number of ether oxygens (including phenoxy) is 1. The molecule has 1 aliphatic rings. The number of hydrogen-bond acceptors (Lipinski definition) is 3. The molecule has 5 nitrogen and oxygen atoms in total. The molecule has 1 aliphatic heterocycles. The van der Waals surface area contributed by atoms with Crippen molar-refractivity contribution in [2.24, 2.45) is 0 Å². The number of para-hydroxylation sites is 1. The maximum atomic E-state index is 13.5. The minimum Gasteiger partial charge on any atom is -0.493 e. The minimum atomic E-state index is -0.190. The van der Waals surface area contributed by atoms with Crippen molar-refractivity contribution in [3.8, 4) is 17.0 Å². The lowest BCUT2D eigenvalue weighted by atomic mass is 9.96. The van der Waals surface area contributed by atoms with Gasteiger partial charge in [-0.3, -0.25) is 4.79 Å². The predicted octanol–water partition coefficient (Wildman–Crippen LogP) is 7.34. The molecule has 1 amide bonds. The molecule has 3 heterocycles. The lowest BCUT2D eigenvalue weighted by Gasteiger charge is -2.27. The first-order chi connectivity index (χ1) is 16.3. The Bertz CT molecular complexity index is 1390. The summed E-state index contributed by atoms with van der Waals surface area (Å²) in [5.74, 6) is 0.637. The number of hydrogen-bond donors (Lipinski definition) is 1. The maximum Gasteiger partial charge on any atom is 0.253 e. The second-order valence-electron chi connectivity index (χ2n) is 8.62. The summed E-state index contributed by atoms with van der Waals surface area (Å²) in [4.78, 5) is 13.5. The van der Waals surface area contributed by atoms with Crippen molar-refractivity contribution >= 4 is 46.2 Å². The van der Waals surface area contributed by atoms with Crippen LogP contribution in [0.3, 0.4) is 0 Å². The highest BCUT2D eigenvalue weighted by atomic mass is 35.5. The molecule has 8 heteroatoms. The number of fused-ring (bicyclic) bond motifs is 2. The van der Waals surface area contributed by atoms with Crippen LogP contribution in [0.1, 0.15) is 53.7 Å². The second kappa shape index (κ2) is 9.14. The smallest absolute Gasteiger partial charge is 0.253 e. The van der Waals surface area contributed by atoms with E-state index in [4.69, 9.17) is 39.5 Å². The fourth-order valence-electron chi connectivity index (χ4n) is 4.55. The Hall–Kier alpha value is -2.73.